The van der Waals surface area contributed by atoms with Crippen LogP contribution in [-0.4, -0.2) is 94.6 Å². The molecule has 0 spiro atoms. The van der Waals surface area contributed by atoms with Gasteiger partial charge in [0.2, 0.25) is 5.95 Å². The predicted molar refractivity (Wildman–Crippen MR) is 135 cm³/mol. The third-order valence-corrected chi connectivity index (χ3v) is 5.36. The van der Waals surface area contributed by atoms with Gasteiger partial charge in [0.15, 0.2) is 5.82 Å². The van der Waals surface area contributed by atoms with Crippen LogP contribution in [0.3, 0.4) is 0 Å². The number of pyridine rings is 1. The Hall–Kier alpha value is -5.14. The van der Waals surface area contributed by atoms with Crippen LogP contribution in [0, 0.1) is 6.85 Å². The van der Waals surface area contributed by atoms with E-state index in [1.54, 1.807) is 18.2 Å². The van der Waals surface area contributed by atoms with Crippen molar-refractivity contribution < 1.29 is 30.8 Å². The van der Waals surface area contributed by atoms with Gasteiger partial charge in [0.25, 0.3) is 11.7 Å². The van der Waals surface area contributed by atoms with Gasteiger partial charge in [-0.2, -0.15) is 9.78 Å². The molecule has 1 aromatic carbocycles. The molecular weight excluding hydrogens is 490 g/mol. The number of benzene rings is 1. The maximum absolute atomic E-state index is 14.0. The van der Waals surface area contributed by atoms with E-state index in [-0.39, 0.29) is 33.1 Å². The number of anilines is 1. The van der Waals surface area contributed by atoms with Crippen molar-refractivity contribution in [1.29, 1.82) is 0 Å². The number of tetrazole rings is 1. The third kappa shape index (κ3) is 3.91. The number of piperazine rings is 1. The lowest BCUT2D eigenvalue weighted by atomic mass is 10.1. The molecule has 1 amide bonds. The summed E-state index contributed by atoms with van der Waals surface area (Å²) in [6, 6.07) is 7.72. The zero-order valence-corrected chi connectivity index (χ0v) is 19.2. The Morgan fingerprint density at radius 2 is 1.97 bits per heavy atom. The summed E-state index contributed by atoms with van der Waals surface area (Å²) >= 11 is 0. The summed E-state index contributed by atoms with van der Waals surface area (Å²) in [5, 5.41) is 14.4. The number of aryl methyl sites for hydroxylation is 1. The van der Waals surface area contributed by atoms with Crippen LogP contribution in [0.2, 0.25) is 0 Å². The summed E-state index contributed by atoms with van der Waals surface area (Å²) in [5.74, 6) is -5.45. The first-order valence-corrected chi connectivity index (χ1v) is 10.7. The molecule has 5 aromatic rings. The Bertz CT molecular complexity index is 2120. The summed E-state index contributed by atoms with van der Waals surface area (Å²) < 4.78 is 108. The van der Waals surface area contributed by atoms with Crippen molar-refractivity contribution in [3.63, 3.8) is 0 Å². The average Bonchev–Trinajstić information content (AvgIpc) is 3.78. The molecule has 0 atom stereocenters. The molecule has 38 heavy (non-hydrogen) atoms. The Balaban J connectivity index is 1.46. The van der Waals surface area contributed by atoms with Gasteiger partial charge in [-0.25, -0.2) is 14.6 Å². The van der Waals surface area contributed by atoms with Crippen LogP contribution < -0.4 is 9.64 Å². The molecular formula is C24H23N11O3. The number of ketones is 1. The van der Waals surface area contributed by atoms with E-state index in [1.165, 1.54) is 19.2 Å². The SMILES string of the molecule is [2H]c1nc(C([2H])([2H])[2H])nn1-c1ncc(OC)c2c(C(=O)C(=O)N3C([2H])([2H])C([2H])([2H])N(c4nnnn4-c4ccccc4)C([2H])([2H])C3([2H])[2H])c[nH]c12. The van der Waals surface area contributed by atoms with Crippen LogP contribution in [0.1, 0.15) is 32.6 Å². The molecule has 5 heterocycles. The first-order chi connectivity index (χ1) is 23.2. The number of nitrogens with one attached hydrogen (secondary N) is 1. The number of ether oxygens (including phenoxy) is 1. The number of para-hydroxylation sites is 1. The van der Waals surface area contributed by atoms with Crippen molar-refractivity contribution >= 4 is 28.5 Å². The second kappa shape index (κ2) is 9.38. The van der Waals surface area contributed by atoms with Gasteiger partial charge in [-0.15, -0.1) is 0 Å². The van der Waals surface area contributed by atoms with Crippen molar-refractivity contribution in [3.8, 4) is 17.3 Å². The molecule has 192 valence electrons. The van der Waals surface area contributed by atoms with Crippen molar-refractivity contribution in [2.24, 2.45) is 0 Å². The van der Waals surface area contributed by atoms with E-state index >= 15 is 0 Å². The monoisotopic (exact) mass is 525 g/mol. The third-order valence-electron chi connectivity index (χ3n) is 5.36. The van der Waals surface area contributed by atoms with Gasteiger partial charge in [0, 0.05) is 36.3 Å². The summed E-state index contributed by atoms with van der Waals surface area (Å²) in [7, 11) is 1.18. The molecule has 14 nitrogen and oxygen atoms in total. The summed E-state index contributed by atoms with van der Waals surface area (Å²) in [6.45, 7) is -17.6. The number of H-pyrrole nitrogens is 1. The number of aromatic nitrogens is 9. The number of Topliss-reactive ketones (excluding diaryl/α,β-unsaturated/α-hetero) is 1. The van der Waals surface area contributed by atoms with E-state index in [1.807, 2.05) is 0 Å². The van der Waals surface area contributed by atoms with Gasteiger partial charge in [0.1, 0.15) is 19.2 Å². The number of carbonyl (C=O) groups excluding carboxylic acids is 2. The zero-order chi connectivity index (χ0) is 36.8. The highest BCUT2D eigenvalue weighted by Crippen LogP contribution is 2.32. The fraction of sp³-hybridized carbons (Fsp3) is 0.250. The molecule has 1 N–H and O–H groups in total. The van der Waals surface area contributed by atoms with Crippen molar-refractivity contribution in [2.45, 2.75) is 6.85 Å². The number of aromatic amines is 1. The van der Waals surface area contributed by atoms with Crippen LogP contribution in [0.25, 0.3) is 22.4 Å². The first-order valence-electron chi connectivity index (χ1n) is 16.7. The Kier molecular flexibility index (Phi) is 3.31. The lowest BCUT2D eigenvalue weighted by molar-refractivity contribution is -0.126. The fourth-order valence-electron chi connectivity index (χ4n) is 3.66. The zero-order valence-electron chi connectivity index (χ0n) is 31.2. The molecule has 6 rings (SSSR count). The minimum atomic E-state index is -3.78. The van der Waals surface area contributed by atoms with E-state index < -0.39 is 73.1 Å². The lowest BCUT2D eigenvalue weighted by Gasteiger charge is -2.34. The Morgan fingerprint density at radius 1 is 1.16 bits per heavy atom. The molecule has 0 bridgehead atoms. The molecule has 0 radical (unpaired) electrons. The number of hydrogen-bond acceptors (Lipinski definition) is 10. The molecule has 1 aliphatic rings. The standard InChI is InChI=1S/C24H23N11O3/c1-15-27-14-34(29-15)22-20-19(18(38-2)13-26-22)17(12-25-20)21(36)23(37)32-8-10-33(11-9-32)24-28-30-31-35(24)16-6-4-3-5-7-16/h3-7,12-14,25H,8-11H2,1-2H3/i1D3,8D2,9D2,10D2,11D2,14D. The van der Waals surface area contributed by atoms with Crippen LogP contribution >= 0.6 is 0 Å². The van der Waals surface area contributed by atoms with Crippen LogP contribution in [0.4, 0.5) is 5.95 Å². The van der Waals surface area contributed by atoms with Crippen LogP contribution in [-0.2, 0) is 4.79 Å². The molecule has 14 heteroatoms. The number of methoxy groups -OCH3 is 1. The quantitative estimate of drug-likeness (QED) is 0.251. The van der Waals surface area contributed by atoms with E-state index in [9.17, 15) is 9.59 Å². The maximum Gasteiger partial charge on any atom is 0.295 e. The van der Waals surface area contributed by atoms with E-state index in [4.69, 9.17) is 21.2 Å². The number of amides is 1. The normalized spacial score (nSPS) is 24.0. The molecule has 0 saturated carbocycles. The molecule has 1 fully saturated rings. The number of fused-ring (bicyclic) bond motifs is 1. The highest BCUT2D eigenvalue weighted by Gasteiger charge is 2.31. The second-order valence-corrected chi connectivity index (χ2v) is 7.53. The van der Waals surface area contributed by atoms with E-state index in [0.29, 0.717) is 0 Å². The van der Waals surface area contributed by atoms with Crippen molar-refractivity contribution in [2.75, 3.05) is 38.0 Å². The topological polar surface area (TPSA) is 153 Å². The van der Waals surface area contributed by atoms with Gasteiger partial charge < -0.3 is 19.5 Å². The molecule has 4 aromatic heterocycles. The molecule has 1 aliphatic heterocycles. The Morgan fingerprint density at radius 3 is 2.71 bits per heavy atom. The maximum atomic E-state index is 14.0. The lowest BCUT2D eigenvalue weighted by Crippen LogP contribution is -2.51. The fourth-order valence-corrected chi connectivity index (χ4v) is 3.66. The molecule has 0 aliphatic carbocycles. The summed E-state index contributed by atoms with van der Waals surface area (Å²) in [4.78, 5) is 37.9. The minimum Gasteiger partial charge on any atom is -0.494 e. The number of rotatable bonds is 6. The van der Waals surface area contributed by atoms with Gasteiger partial charge >= 0.3 is 0 Å². The highest BCUT2D eigenvalue weighted by atomic mass is 16.5. The van der Waals surface area contributed by atoms with E-state index in [2.05, 4.69) is 35.6 Å². The average molecular weight is 526 g/mol. The summed E-state index contributed by atoms with van der Waals surface area (Å²) in [5.41, 5.74) is -0.518. The molecule has 0 unspecified atom stereocenters. The van der Waals surface area contributed by atoms with Crippen molar-refractivity contribution in [3.05, 3.63) is 60.4 Å². The number of hydrogen-bond donors (Lipinski definition) is 1. The smallest absolute Gasteiger partial charge is 0.295 e. The van der Waals surface area contributed by atoms with Crippen molar-refractivity contribution in [1.82, 2.24) is 49.8 Å². The van der Waals surface area contributed by atoms with Gasteiger partial charge in [-0.3, -0.25) is 9.59 Å². The van der Waals surface area contributed by atoms with Crippen LogP contribution in [0.15, 0.2) is 49.0 Å². The second-order valence-electron chi connectivity index (χ2n) is 7.53. The molecule has 1 saturated heterocycles. The van der Waals surface area contributed by atoms with Gasteiger partial charge in [-0.05, 0) is 29.4 Å². The minimum absolute atomic E-state index is 0.0397. The van der Waals surface area contributed by atoms with Crippen LogP contribution in [0.5, 0.6) is 5.75 Å². The van der Waals surface area contributed by atoms with Gasteiger partial charge in [0.05, 0.1) is 46.4 Å². The predicted octanol–water partition coefficient (Wildman–Crippen LogP) is 0.968. The Labute approximate surface area is 232 Å². The van der Waals surface area contributed by atoms with Gasteiger partial charge in [-0.1, -0.05) is 23.3 Å². The van der Waals surface area contributed by atoms with E-state index in [0.717, 1.165) is 21.8 Å². The number of nitrogens with zero attached hydrogens (tertiary/aromatic N) is 10. The summed E-state index contributed by atoms with van der Waals surface area (Å²) in [6.07, 6.45) is 1.34. The highest BCUT2D eigenvalue weighted by molar-refractivity contribution is 6.45. The number of carbonyl (C=O) groups is 2. The first kappa shape index (κ1) is 13.4. The largest absolute Gasteiger partial charge is 0.494 e.